The summed E-state index contributed by atoms with van der Waals surface area (Å²) in [6.07, 6.45) is 0.648. The molecular formula is C12H17NO3. The van der Waals surface area contributed by atoms with Crippen LogP contribution in [0.3, 0.4) is 0 Å². The Bertz CT molecular complexity index is 333. The van der Waals surface area contributed by atoms with E-state index in [1.807, 2.05) is 24.3 Å². The number of hydrogen-bond donors (Lipinski definition) is 1. The van der Waals surface area contributed by atoms with Gasteiger partial charge in [0.05, 0.1) is 12.3 Å². The van der Waals surface area contributed by atoms with Crippen LogP contribution in [0.2, 0.25) is 0 Å². The third-order valence-electron chi connectivity index (χ3n) is 2.11. The molecule has 16 heavy (non-hydrogen) atoms. The van der Waals surface area contributed by atoms with Crippen molar-refractivity contribution in [1.29, 1.82) is 0 Å². The lowest BCUT2D eigenvalue weighted by molar-refractivity contribution is 0.146. The second kappa shape index (κ2) is 6.85. The van der Waals surface area contributed by atoms with E-state index in [1.54, 1.807) is 14.0 Å². The number of nitrogens with zero attached hydrogens (tertiary/aromatic N) is 1. The highest BCUT2D eigenvalue weighted by Gasteiger charge is 1.98. The van der Waals surface area contributed by atoms with E-state index in [0.29, 0.717) is 25.3 Å². The lowest BCUT2D eigenvalue weighted by Gasteiger charge is -2.06. The molecule has 1 aromatic carbocycles. The number of ether oxygens (including phenoxy) is 2. The van der Waals surface area contributed by atoms with Gasteiger partial charge in [0.2, 0.25) is 0 Å². The zero-order chi connectivity index (χ0) is 11.8. The Balaban J connectivity index is 2.47. The molecule has 0 unspecified atom stereocenters. The van der Waals surface area contributed by atoms with E-state index in [4.69, 9.17) is 14.7 Å². The molecule has 0 fully saturated rings. The van der Waals surface area contributed by atoms with E-state index in [1.165, 1.54) is 0 Å². The topological polar surface area (TPSA) is 51.0 Å². The SMILES string of the molecule is COCCOc1ccc(CC(C)=NO)cc1. The zero-order valence-corrected chi connectivity index (χ0v) is 9.64. The first-order valence-corrected chi connectivity index (χ1v) is 5.14. The van der Waals surface area contributed by atoms with Crippen LogP contribution in [0.15, 0.2) is 29.4 Å². The molecule has 0 aromatic heterocycles. The molecule has 0 spiro atoms. The average molecular weight is 223 g/mol. The number of rotatable bonds is 6. The molecule has 1 N–H and O–H groups in total. The van der Waals surface area contributed by atoms with E-state index in [-0.39, 0.29) is 0 Å². The summed E-state index contributed by atoms with van der Waals surface area (Å²) in [7, 11) is 1.64. The van der Waals surface area contributed by atoms with Crippen molar-refractivity contribution in [1.82, 2.24) is 0 Å². The molecule has 0 bridgehead atoms. The van der Waals surface area contributed by atoms with Crippen molar-refractivity contribution in [2.75, 3.05) is 20.3 Å². The van der Waals surface area contributed by atoms with Gasteiger partial charge < -0.3 is 14.7 Å². The van der Waals surface area contributed by atoms with Crippen LogP contribution >= 0.6 is 0 Å². The summed E-state index contributed by atoms with van der Waals surface area (Å²) >= 11 is 0. The fourth-order valence-corrected chi connectivity index (χ4v) is 1.28. The minimum atomic E-state index is 0.549. The van der Waals surface area contributed by atoms with E-state index < -0.39 is 0 Å². The van der Waals surface area contributed by atoms with Crippen LogP contribution in [0.25, 0.3) is 0 Å². The van der Waals surface area contributed by atoms with Gasteiger partial charge in [-0.15, -0.1) is 0 Å². The van der Waals surface area contributed by atoms with Crippen LogP contribution < -0.4 is 4.74 Å². The van der Waals surface area contributed by atoms with Crippen molar-refractivity contribution >= 4 is 5.71 Å². The van der Waals surface area contributed by atoms with Crippen LogP contribution in [0.5, 0.6) is 5.75 Å². The third-order valence-corrected chi connectivity index (χ3v) is 2.11. The molecule has 0 radical (unpaired) electrons. The molecule has 0 aliphatic carbocycles. The molecule has 88 valence electrons. The Hall–Kier alpha value is -1.55. The van der Waals surface area contributed by atoms with Crippen LogP contribution in [0, 0.1) is 0 Å². The van der Waals surface area contributed by atoms with Crippen molar-refractivity contribution in [3.05, 3.63) is 29.8 Å². The average Bonchev–Trinajstić information content (AvgIpc) is 2.31. The van der Waals surface area contributed by atoms with E-state index in [0.717, 1.165) is 11.3 Å². The fourth-order valence-electron chi connectivity index (χ4n) is 1.28. The molecule has 1 aromatic rings. The predicted molar refractivity (Wildman–Crippen MR) is 62.4 cm³/mol. The van der Waals surface area contributed by atoms with E-state index in [2.05, 4.69) is 5.16 Å². The largest absolute Gasteiger partial charge is 0.491 e. The normalized spacial score (nSPS) is 11.5. The molecule has 0 amide bonds. The lowest BCUT2D eigenvalue weighted by Crippen LogP contribution is -2.04. The predicted octanol–water partition coefficient (Wildman–Crippen LogP) is 2.10. The van der Waals surface area contributed by atoms with Gasteiger partial charge in [-0.1, -0.05) is 17.3 Å². The molecule has 0 heterocycles. The Morgan fingerprint density at radius 2 is 1.94 bits per heavy atom. The van der Waals surface area contributed by atoms with Gasteiger partial charge in [0.15, 0.2) is 0 Å². The van der Waals surface area contributed by atoms with Crippen molar-refractivity contribution in [2.24, 2.45) is 5.16 Å². The summed E-state index contributed by atoms with van der Waals surface area (Å²) in [5.41, 5.74) is 1.78. The minimum absolute atomic E-state index is 0.549. The quantitative estimate of drug-likeness (QED) is 0.348. The molecular weight excluding hydrogens is 206 g/mol. The van der Waals surface area contributed by atoms with Gasteiger partial charge >= 0.3 is 0 Å². The molecule has 0 atom stereocenters. The first-order valence-electron chi connectivity index (χ1n) is 5.14. The Kier molecular flexibility index (Phi) is 5.36. The summed E-state index contributed by atoms with van der Waals surface area (Å²) in [4.78, 5) is 0. The number of methoxy groups -OCH3 is 1. The monoisotopic (exact) mass is 223 g/mol. The van der Waals surface area contributed by atoms with Crippen molar-refractivity contribution in [2.45, 2.75) is 13.3 Å². The summed E-state index contributed by atoms with van der Waals surface area (Å²) < 4.78 is 10.3. The molecule has 0 aliphatic heterocycles. The Morgan fingerprint density at radius 1 is 1.25 bits per heavy atom. The molecule has 4 nitrogen and oxygen atoms in total. The van der Waals surface area contributed by atoms with Gasteiger partial charge in [-0.05, 0) is 24.6 Å². The van der Waals surface area contributed by atoms with Gasteiger partial charge in [0.1, 0.15) is 12.4 Å². The molecule has 0 saturated heterocycles. The lowest BCUT2D eigenvalue weighted by atomic mass is 10.1. The maximum absolute atomic E-state index is 8.54. The number of hydrogen-bond acceptors (Lipinski definition) is 4. The summed E-state index contributed by atoms with van der Waals surface area (Å²) in [6.45, 7) is 2.91. The molecule has 0 saturated carbocycles. The molecule has 0 aliphatic rings. The van der Waals surface area contributed by atoms with Crippen molar-refractivity contribution < 1.29 is 14.7 Å². The van der Waals surface area contributed by atoms with Crippen LogP contribution in [0.1, 0.15) is 12.5 Å². The molecule has 4 heteroatoms. The second-order valence-electron chi connectivity index (χ2n) is 3.50. The maximum Gasteiger partial charge on any atom is 0.119 e. The minimum Gasteiger partial charge on any atom is -0.491 e. The van der Waals surface area contributed by atoms with Crippen LogP contribution in [-0.4, -0.2) is 31.2 Å². The highest BCUT2D eigenvalue weighted by atomic mass is 16.5. The van der Waals surface area contributed by atoms with Crippen molar-refractivity contribution in [3.8, 4) is 5.75 Å². The van der Waals surface area contributed by atoms with E-state index in [9.17, 15) is 0 Å². The summed E-state index contributed by atoms with van der Waals surface area (Å²) in [5.74, 6) is 0.819. The first-order chi connectivity index (χ1) is 7.76. The summed E-state index contributed by atoms with van der Waals surface area (Å²) in [6, 6.07) is 7.71. The van der Waals surface area contributed by atoms with E-state index >= 15 is 0 Å². The van der Waals surface area contributed by atoms with Crippen LogP contribution in [-0.2, 0) is 11.2 Å². The molecule has 1 rings (SSSR count). The third kappa shape index (κ3) is 4.31. The Labute approximate surface area is 95.5 Å². The fraction of sp³-hybridized carbons (Fsp3) is 0.417. The highest BCUT2D eigenvalue weighted by molar-refractivity contribution is 5.83. The second-order valence-corrected chi connectivity index (χ2v) is 3.50. The number of oxime groups is 1. The van der Waals surface area contributed by atoms with Gasteiger partial charge in [-0.25, -0.2) is 0 Å². The smallest absolute Gasteiger partial charge is 0.119 e. The number of benzene rings is 1. The summed E-state index contributed by atoms with van der Waals surface area (Å²) in [5, 5.41) is 11.7. The van der Waals surface area contributed by atoms with Crippen molar-refractivity contribution in [3.63, 3.8) is 0 Å². The van der Waals surface area contributed by atoms with Gasteiger partial charge in [0, 0.05) is 13.5 Å². The van der Waals surface area contributed by atoms with Gasteiger partial charge in [0.25, 0.3) is 0 Å². The highest BCUT2D eigenvalue weighted by Crippen LogP contribution is 2.12. The maximum atomic E-state index is 8.54. The van der Waals surface area contributed by atoms with Crippen LogP contribution in [0.4, 0.5) is 0 Å². The standard InChI is InChI=1S/C12H17NO3/c1-10(13-14)9-11-3-5-12(6-4-11)16-8-7-15-2/h3-6,14H,7-9H2,1-2H3. The first kappa shape index (κ1) is 12.5. The van der Waals surface area contributed by atoms with Gasteiger partial charge in [-0.3, -0.25) is 0 Å². The zero-order valence-electron chi connectivity index (χ0n) is 9.64. The van der Waals surface area contributed by atoms with Gasteiger partial charge in [-0.2, -0.15) is 0 Å². The Morgan fingerprint density at radius 3 is 2.50 bits per heavy atom.